The Morgan fingerprint density at radius 1 is 1.50 bits per heavy atom. The molecule has 0 radical (unpaired) electrons. The number of nitrogens with zero attached hydrogens (tertiary/aromatic N) is 3. The van der Waals surface area contributed by atoms with Gasteiger partial charge in [0.15, 0.2) is 0 Å². The molecule has 1 fully saturated rings. The summed E-state index contributed by atoms with van der Waals surface area (Å²) in [6.45, 7) is 7.36. The van der Waals surface area contributed by atoms with Crippen LogP contribution in [0.5, 0.6) is 0 Å². The molecule has 0 aromatic carbocycles. The Labute approximate surface area is 101 Å². The molecule has 0 spiro atoms. The summed E-state index contributed by atoms with van der Waals surface area (Å²) in [7, 11) is 0. The van der Waals surface area contributed by atoms with Crippen molar-refractivity contribution in [3.05, 3.63) is 5.82 Å². The summed E-state index contributed by atoms with van der Waals surface area (Å²) in [6, 6.07) is 0.623. The van der Waals surface area contributed by atoms with Gasteiger partial charge in [0.05, 0.1) is 0 Å². The number of hydrogen-bond acceptors (Lipinski definition) is 5. The number of aryl methyl sites for hydroxylation is 1. The molecule has 16 heavy (non-hydrogen) atoms. The van der Waals surface area contributed by atoms with Gasteiger partial charge in [0, 0.05) is 30.7 Å². The Kier molecular flexibility index (Phi) is 4.12. The van der Waals surface area contributed by atoms with Crippen LogP contribution in [0.15, 0.2) is 0 Å². The molecule has 1 N–H and O–H groups in total. The van der Waals surface area contributed by atoms with E-state index in [-0.39, 0.29) is 0 Å². The van der Waals surface area contributed by atoms with Crippen molar-refractivity contribution in [2.24, 2.45) is 0 Å². The first-order chi connectivity index (χ1) is 7.79. The average molecular weight is 240 g/mol. The molecule has 1 aliphatic rings. The van der Waals surface area contributed by atoms with Crippen LogP contribution in [-0.4, -0.2) is 35.0 Å². The van der Waals surface area contributed by atoms with E-state index in [1.807, 2.05) is 6.92 Å². The van der Waals surface area contributed by atoms with Crippen molar-refractivity contribution in [2.45, 2.75) is 39.2 Å². The van der Waals surface area contributed by atoms with Crippen molar-refractivity contribution in [3.63, 3.8) is 0 Å². The topological polar surface area (TPSA) is 41.0 Å². The summed E-state index contributed by atoms with van der Waals surface area (Å²) >= 11 is 1.51. The molecule has 90 valence electrons. The summed E-state index contributed by atoms with van der Waals surface area (Å²) < 4.78 is 4.25. The predicted octanol–water partition coefficient (Wildman–Crippen LogP) is 1.81. The SMILES string of the molecule is CCN(CC1CCCCN1)c1nc(C)ns1. The van der Waals surface area contributed by atoms with Crippen LogP contribution in [0.25, 0.3) is 0 Å². The smallest absolute Gasteiger partial charge is 0.205 e. The van der Waals surface area contributed by atoms with Gasteiger partial charge < -0.3 is 10.2 Å². The van der Waals surface area contributed by atoms with E-state index < -0.39 is 0 Å². The maximum atomic E-state index is 4.45. The maximum Gasteiger partial charge on any atom is 0.205 e. The Morgan fingerprint density at radius 3 is 2.94 bits per heavy atom. The van der Waals surface area contributed by atoms with Crippen molar-refractivity contribution >= 4 is 16.7 Å². The minimum Gasteiger partial charge on any atom is -0.346 e. The third-order valence-corrected chi connectivity index (χ3v) is 3.89. The fourth-order valence-corrected chi connectivity index (χ4v) is 2.85. The van der Waals surface area contributed by atoms with E-state index in [2.05, 4.69) is 26.5 Å². The molecule has 2 heterocycles. The highest BCUT2D eigenvalue weighted by molar-refractivity contribution is 7.09. The number of likely N-dealkylation sites (N-methyl/N-ethyl adjacent to an activating group) is 1. The van der Waals surface area contributed by atoms with E-state index in [0.717, 1.165) is 30.6 Å². The molecule has 4 nitrogen and oxygen atoms in total. The van der Waals surface area contributed by atoms with Gasteiger partial charge in [-0.15, -0.1) is 0 Å². The van der Waals surface area contributed by atoms with Crippen molar-refractivity contribution in [2.75, 3.05) is 24.5 Å². The first kappa shape index (κ1) is 11.8. The molecular weight excluding hydrogens is 220 g/mol. The third kappa shape index (κ3) is 2.92. The molecule has 1 aromatic rings. The number of piperidine rings is 1. The van der Waals surface area contributed by atoms with Crippen LogP contribution in [-0.2, 0) is 0 Å². The van der Waals surface area contributed by atoms with Crippen LogP contribution in [0.3, 0.4) is 0 Å². The zero-order valence-corrected chi connectivity index (χ0v) is 10.9. The van der Waals surface area contributed by atoms with Crippen molar-refractivity contribution in [1.82, 2.24) is 14.7 Å². The monoisotopic (exact) mass is 240 g/mol. The van der Waals surface area contributed by atoms with Gasteiger partial charge >= 0.3 is 0 Å². The molecule has 1 atom stereocenters. The second-order valence-electron chi connectivity index (χ2n) is 4.31. The molecule has 0 saturated carbocycles. The lowest BCUT2D eigenvalue weighted by atomic mass is 10.0. The summed E-state index contributed by atoms with van der Waals surface area (Å²) in [4.78, 5) is 6.78. The molecule has 2 rings (SSSR count). The molecule has 1 unspecified atom stereocenters. The van der Waals surface area contributed by atoms with Gasteiger partial charge in [-0.25, -0.2) is 4.98 Å². The number of hydrogen-bond donors (Lipinski definition) is 1. The highest BCUT2D eigenvalue weighted by Crippen LogP contribution is 2.18. The van der Waals surface area contributed by atoms with Crippen molar-refractivity contribution in [3.8, 4) is 0 Å². The average Bonchev–Trinajstić information content (AvgIpc) is 2.74. The van der Waals surface area contributed by atoms with Crippen LogP contribution in [0.4, 0.5) is 5.13 Å². The highest BCUT2D eigenvalue weighted by atomic mass is 32.1. The minimum absolute atomic E-state index is 0.623. The molecule has 1 aliphatic heterocycles. The van der Waals surface area contributed by atoms with Crippen LogP contribution in [0, 0.1) is 6.92 Å². The number of anilines is 1. The van der Waals surface area contributed by atoms with E-state index >= 15 is 0 Å². The van der Waals surface area contributed by atoms with Gasteiger partial charge in [0.1, 0.15) is 5.82 Å². The first-order valence-corrected chi connectivity index (χ1v) is 6.85. The fraction of sp³-hybridized carbons (Fsp3) is 0.818. The van der Waals surface area contributed by atoms with Gasteiger partial charge in [0.2, 0.25) is 5.13 Å². The van der Waals surface area contributed by atoms with E-state index in [1.54, 1.807) is 0 Å². The van der Waals surface area contributed by atoms with Crippen LogP contribution in [0.2, 0.25) is 0 Å². The predicted molar refractivity (Wildman–Crippen MR) is 68.2 cm³/mol. The highest BCUT2D eigenvalue weighted by Gasteiger charge is 2.17. The summed E-state index contributed by atoms with van der Waals surface area (Å²) in [6.07, 6.45) is 3.96. The Hall–Kier alpha value is -0.680. The lowest BCUT2D eigenvalue weighted by molar-refractivity contribution is 0.400. The number of rotatable bonds is 4. The molecule has 5 heteroatoms. The van der Waals surface area contributed by atoms with Crippen LogP contribution in [0.1, 0.15) is 32.0 Å². The normalized spacial score (nSPS) is 21.0. The van der Waals surface area contributed by atoms with E-state index in [0.29, 0.717) is 6.04 Å². The largest absolute Gasteiger partial charge is 0.346 e. The number of aromatic nitrogens is 2. The summed E-state index contributed by atoms with van der Waals surface area (Å²) in [5.74, 6) is 0.884. The zero-order valence-electron chi connectivity index (χ0n) is 10.1. The van der Waals surface area contributed by atoms with Gasteiger partial charge in [-0.1, -0.05) is 6.42 Å². The fourth-order valence-electron chi connectivity index (χ4n) is 2.10. The van der Waals surface area contributed by atoms with Crippen molar-refractivity contribution < 1.29 is 0 Å². The summed E-state index contributed by atoms with van der Waals surface area (Å²) in [5.41, 5.74) is 0. The van der Waals surface area contributed by atoms with Gasteiger partial charge in [0.25, 0.3) is 0 Å². The summed E-state index contributed by atoms with van der Waals surface area (Å²) in [5, 5.41) is 4.64. The molecule has 0 aliphatic carbocycles. The van der Waals surface area contributed by atoms with Crippen LogP contribution < -0.4 is 10.2 Å². The first-order valence-electron chi connectivity index (χ1n) is 6.08. The van der Waals surface area contributed by atoms with E-state index in [9.17, 15) is 0 Å². The quantitative estimate of drug-likeness (QED) is 0.871. The molecule has 0 bridgehead atoms. The van der Waals surface area contributed by atoms with Gasteiger partial charge in [-0.05, 0) is 33.2 Å². The Bertz CT molecular complexity index is 320. The zero-order chi connectivity index (χ0) is 11.4. The third-order valence-electron chi connectivity index (χ3n) is 3.02. The maximum absolute atomic E-state index is 4.45. The molecule has 1 saturated heterocycles. The lowest BCUT2D eigenvalue weighted by Gasteiger charge is -2.29. The van der Waals surface area contributed by atoms with E-state index in [1.165, 1.54) is 30.8 Å². The second-order valence-corrected chi connectivity index (χ2v) is 5.04. The van der Waals surface area contributed by atoms with E-state index in [4.69, 9.17) is 0 Å². The van der Waals surface area contributed by atoms with Gasteiger partial charge in [-0.3, -0.25) is 0 Å². The molecule has 1 aromatic heterocycles. The molecular formula is C11H20N4S. The Balaban J connectivity index is 1.94. The van der Waals surface area contributed by atoms with Crippen molar-refractivity contribution in [1.29, 1.82) is 0 Å². The molecule has 0 amide bonds. The Morgan fingerprint density at radius 2 is 2.38 bits per heavy atom. The lowest BCUT2D eigenvalue weighted by Crippen LogP contribution is -2.43. The minimum atomic E-state index is 0.623. The second kappa shape index (κ2) is 5.59. The van der Waals surface area contributed by atoms with Crippen LogP contribution >= 0.6 is 11.5 Å². The standard InChI is InChI=1S/C11H20N4S/c1-3-15(11-13-9(2)14-16-11)8-10-6-4-5-7-12-10/h10,12H,3-8H2,1-2H3. The number of nitrogens with one attached hydrogen (secondary N) is 1. The van der Waals surface area contributed by atoms with Gasteiger partial charge in [-0.2, -0.15) is 4.37 Å².